The van der Waals surface area contributed by atoms with Crippen LogP contribution in [0.3, 0.4) is 0 Å². The van der Waals surface area contributed by atoms with Crippen LogP contribution in [0.5, 0.6) is 11.5 Å². The highest BCUT2D eigenvalue weighted by molar-refractivity contribution is 5.91. The highest BCUT2D eigenvalue weighted by Crippen LogP contribution is 2.28. The Morgan fingerprint density at radius 1 is 1.33 bits per heavy atom. The maximum absolute atomic E-state index is 12.3. The average molecular weight is 412 g/mol. The molecule has 1 aliphatic rings. The molecule has 2 aromatic rings. The summed E-state index contributed by atoms with van der Waals surface area (Å²) in [5, 5.41) is 7.23. The highest BCUT2D eigenvalue weighted by atomic mass is 16.5. The van der Waals surface area contributed by atoms with Crippen LogP contribution in [0, 0.1) is 0 Å². The Hall–Kier alpha value is -3.29. The SMILES string of the molecule is C=CCOc1ccc(/C=C/C(=O)NCCCn2nc3n(c2=O)CCCC3)cc1OC. The van der Waals surface area contributed by atoms with Crippen molar-refractivity contribution >= 4 is 12.0 Å². The van der Waals surface area contributed by atoms with E-state index in [9.17, 15) is 9.59 Å². The molecule has 0 unspecified atom stereocenters. The Morgan fingerprint density at radius 2 is 2.20 bits per heavy atom. The molecule has 3 rings (SSSR count). The Bertz CT molecular complexity index is 974. The second-order valence-corrected chi connectivity index (χ2v) is 7.02. The predicted octanol–water partition coefficient (Wildman–Crippen LogP) is 2.17. The summed E-state index contributed by atoms with van der Waals surface area (Å²) < 4.78 is 14.1. The molecule has 30 heavy (non-hydrogen) atoms. The van der Waals surface area contributed by atoms with Crippen molar-refractivity contribution in [2.24, 2.45) is 0 Å². The number of hydrogen-bond donors (Lipinski definition) is 1. The fourth-order valence-corrected chi connectivity index (χ4v) is 3.32. The van der Waals surface area contributed by atoms with Gasteiger partial charge in [-0.05, 0) is 43.0 Å². The zero-order valence-corrected chi connectivity index (χ0v) is 17.3. The smallest absolute Gasteiger partial charge is 0.345 e. The van der Waals surface area contributed by atoms with Gasteiger partial charge in [-0.15, -0.1) is 0 Å². The lowest BCUT2D eigenvalue weighted by molar-refractivity contribution is -0.116. The summed E-state index contributed by atoms with van der Waals surface area (Å²) in [7, 11) is 1.57. The predicted molar refractivity (Wildman–Crippen MR) is 115 cm³/mol. The van der Waals surface area contributed by atoms with Crippen molar-refractivity contribution in [3.8, 4) is 11.5 Å². The molecule has 160 valence electrons. The van der Waals surface area contributed by atoms with Crippen molar-refractivity contribution in [1.29, 1.82) is 0 Å². The van der Waals surface area contributed by atoms with E-state index in [1.165, 1.54) is 10.8 Å². The number of hydrogen-bond acceptors (Lipinski definition) is 5. The summed E-state index contributed by atoms with van der Waals surface area (Å²) in [6.45, 7) is 5.72. The second kappa shape index (κ2) is 10.5. The maximum Gasteiger partial charge on any atom is 0.345 e. The summed E-state index contributed by atoms with van der Waals surface area (Å²) in [4.78, 5) is 24.3. The standard InChI is InChI=1S/C22H28N4O4/c1-3-15-30-18-10-8-17(16-19(18)29-2)9-11-21(27)23-12-6-14-26-22(28)25-13-5-4-7-20(25)24-26/h3,8-11,16H,1,4-7,12-15H2,2H3,(H,23,27)/b11-9+. The van der Waals surface area contributed by atoms with Crippen LogP contribution >= 0.6 is 0 Å². The molecule has 8 nitrogen and oxygen atoms in total. The molecular formula is C22H28N4O4. The summed E-state index contributed by atoms with van der Waals surface area (Å²) in [5.74, 6) is 1.88. The number of carbonyl (C=O) groups excluding carboxylic acids is 1. The molecule has 0 bridgehead atoms. The molecule has 1 aromatic heterocycles. The van der Waals surface area contributed by atoms with E-state index in [0.29, 0.717) is 37.6 Å². The summed E-state index contributed by atoms with van der Waals surface area (Å²) >= 11 is 0. The number of aryl methyl sites for hydroxylation is 2. The Kier molecular flexibility index (Phi) is 7.48. The first-order chi connectivity index (χ1) is 14.6. The van der Waals surface area contributed by atoms with Crippen LogP contribution in [0.4, 0.5) is 0 Å². The van der Waals surface area contributed by atoms with Crippen molar-refractivity contribution in [1.82, 2.24) is 19.7 Å². The number of benzene rings is 1. The minimum Gasteiger partial charge on any atom is -0.493 e. The Balaban J connectivity index is 1.46. The zero-order chi connectivity index (χ0) is 21.3. The van der Waals surface area contributed by atoms with Gasteiger partial charge in [0.2, 0.25) is 5.91 Å². The van der Waals surface area contributed by atoms with Gasteiger partial charge in [-0.3, -0.25) is 9.36 Å². The Labute approximate surface area is 175 Å². The number of ether oxygens (including phenoxy) is 2. The van der Waals surface area contributed by atoms with Crippen molar-refractivity contribution in [2.75, 3.05) is 20.3 Å². The van der Waals surface area contributed by atoms with Gasteiger partial charge >= 0.3 is 5.69 Å². The van der Waals surface area contributed by atoms with Gasteiger partial charge in [0, 0.05) is 32.1 Å². The van der Waals surface area contributed by atoms with Crippen molar-refractivity contribution in [3.05, 3.63) is 58.8 Å². The molecule has 0 saturated carbocycles. The van der Waals surface area contributed by atoms with Crippen molar-refractivity contribution in [2.45, 2.75) is 38.8 Å². The van der Waals surface area contributed by atoms with Crippen LogP contribution in [0.1, 0.15) is 30.7 Å². The van der Waals surface area contributed by atoms with Crippen LogP contribution in [0.2, 0.25) is 0 Å². The van der Waals surface area contributed by atoms with Gasteiger partial charge in [-0.25, -0.2) is 9.48 Å². The molecule has 0 fully saturated rings. The van der Waals surface area contributed by atoms with Gasteiger partial charge in [0.25, 0.3) is 0 Å². The number of aromatic nitrogens is 3. The molecule has 2 heterocycles. The lowest BCUT2D eigenvalue weighted by Crippen LogP contribution is -2.28. The number of rotatable bonds is 10. The minimum atomic E-state index is -0.197. The van der Waals surface area contributed by atoms with Gasteiger partial charge in [0.05, 0.1) is 7.11 Å². The van der Waals surface area contributed by atoms with Crippen LogP contribution in [-0.2, 0) is 24.3 Å². The van der Waals surface area contributed by atoms with Crippen LogP contribution in [0.15, 0.2) is 41.7 Å². The number of methoxy groups -OCH3 is 1. The molecular weight excluding hydrogens is 384 g/mol. The van der Waals surface area contributed by atoms with Gasteiger partial charge in [0.1, 0.15) is 12.4 Å². The fourth-order valence-electron chi connectivity index (χ4n) is 3.32. The minimum absolute atomic E-state index is 0.0506. The number of amides is 1. The van der Waals surface area contributed by atoms with E-state index < -0.39 is 0 Å². The van der Waals surface area contributed by atoms with Crippen LogP contribution in [0.25, 0.3) is 6.08 Å². The first-order valence-corrected chi connectivity index (χ1v) is 10.2. The van der Waals surface area contributed by atoms with E-state index in [1.54, 1.807) is 36.0 Å². The molecule has 8 heteroatoms. The third-order valence-electron chi connectivity index (χ3n) is 4.85. The molecule has 0 radical (unpaired) electrons. The van der Waals surface area contributed by atoms with Gasteiger partial charge < -0.3 is 14.8 Å². The molecule has 0 saturated heterocycles. The average Bonchev–Trinajstić information content (AvgIpc) is 3.09. The van der Waals surface area contributed by atoms with Crippen LogP contribution in [-0.4, -0.2) is 40.5 Å². The quantitative estimate of drug-likeness (QED) is 0.367. The first kappa shape index (κ1) is 21.4. The second-order valence-electron chi connectivity index (χ2n) is 7.02. The molecule has 1 amide bonds. The van der Waals surface area contributed by atoms with Gasteiger partial charge in [-0.1, -0.05) is 18.7 Å². The van der Waals surface area contributed by atoms with Crippen molar-refractivity contribution < 1.29 is 14.3 Å². The molecule has 1 N–H and O–H groups in total. The third-order valence-corrected chi connectivity index (χ3v) is 4.85. The van der Waals surface area contributed by atoms with E-state index >= 15 is 0 Å². The lowest BCUT2D eigenvalue weighted by Gasteiger charge is -2.09. The number of nitrogens with zero attached hydrogens (tertiary/aromatic N) is 3. The molecule has 0 spiro atoms. The summed E-state index contributed by atoms with van der Waals surface area (Å²) in [6.07, 6.45) is 8.44. The van der Waals surface area contributed by atoms with Crippen LogP contribution < -0.4 is 20.5 Å². The molecule has 1 aliphatic heterocycles. The van der Waals surface area contributed by atoms with E-state index in [-0.39, 0.29) is 11.6 Å². The number of carbonyl (C=O) groups is 1. The van der Waals surface area contributed by atoms with Gasteiger partial charge in [0.15, 0.2) is 11.5 Å². The monoisotopic (exact) mass is 412 g/mol. The number of nitrogens with one attached hydrogen (secondary N) is 1. The van der Waals surface area contributed by atoms with E-state index in [0.717, 1.165) is 37.2 Å². The zero-order valence-electron chi connectivity index (χ0n) is 17.3. The lowest BCUT2D eigenvalue weighted by atomic mass is 10.2. The van der Waals surface area contributed by atoms with E-state index in [4.69, 9.17) is 9.47 Å². The first-order valence-electron chi connectivity index (χ1n) is 10.2. The number of fused-ring (bicyclic) bond motifs is 1. The summed E-state index contributed by atoms with van der Waals surface area (Å²) in [6, 6.07) is 5.44. The molecule has 0 aliphatic carbocycles. The Morgan fingerprint density at radius 3 is 2.97 bits per heavy atom. The third kappa shape index (κ3) is 5.40. The fraction of sp³-hybridized carbons (Fsp3) is 0.409. The molecule has 0 atom stereocenters. The normalized spacial score (nSPS) is 13.1. The maximum atomic E-state index is 12.3. The van der Waals surface area contributed by atoms with E-state index in [2.05, 4.69) is 17.0 Å². The largest absolute Gasteiger partial charge is 0.493 e. The topological polar surface area (TPSA) is 87.4 Å². The summed E-state index contributed by atoms with van der Waals surface area (Å²) in [5.41, 5.74) is 0.772. The highest BCUT2D eigenvalue weighted by Gasteiger charge is 2.16. The van der Waals surface area contributed by atoms with E-state index in [1.807, 2.05) is 6.07 Å². The molecule has 1 aromatic carbocycles. The van der Waals surface area contributed by atoms with Crippen molar-refractivity contribution in [3.63, 3.8) is 0 Å². The van der Waals surface area contributed by atoms with Gasteiger partial charge in [-0.2, -0.15) is 5.10 Å².